The zero-order valence-electron chi connectivity index (χ0n) is 9.67. The van der Waals surface area contributed by atoms with Gasteiger partial charge in [0.1, 0.15) is 12.0 Å². The van der Waals surface area contributed by atoms with E-state index >= 15 is 0 Å². The van der Waals surface area contributed by atoms with E-state index in [0.717, 1.165) is 23.2 Å². The Bertz CT molecular complexity index is 491. The molecule has 2 aromatic carbocycles. The highest BCUT2D eigenvalue weighted by Crippen LogP contribution is 2.25. The number of ether oxygens (including phenoxy) is 1. The second-order valence-corrected chi connectivity index (χ2v) is 3.80. The third kappa shape index (κ3) is 2.53. The molecule has 0 spiro atoms. The highest BCUT2D eigenvalue weighted by molar-refractivity contribution is 5.68. The predicted octanol–water partition coefficient (Wildman–Crippen LogP) is 3.03. The van der Waals surface area contributed by atoms with Gasteiger partial charge in [-0.3, -0.25) is 0 Å². The highest BCUT2D eigenvalue weighted by Gasteiger charge is 2.12. The van der Waals surface area contributed by atoms with Gasteiger partial charge in [0.05, 0.1) is 13.0 Å². The maximum Gasteiger partial charge on any atom is 0.131 e. The lowest BCUT2D eigenvalue weighted by molar-refractivity contribution is -0.108. The Kier molecular flexibility index (Phi) is 3.55. The number of hydrogen-bond donors (Lipinski definition) is 0. The molecule has 0 N–H and O–H groups in total. The zero-order valence-corrected chi connectivity index (χ0v) is 9.67. The van der Waals surface area contributed by atoms with E-state index in [1.54, 1.807) is 7.11 Å². The number of carbonyl (C=O) groups excluding carboxylic acids is 1. The van der Waals surface area contributed by atoms with Crippen LogP contribution in [0, 0.1) is 0 Å². The predicted molar refractivity (Wildman–Crippen MR) is 67.3 cm³/mol. The van der Waals surface area contributed by atoms with Crippen molar-refractivity contribution >= 4 is 6.29 Å². The van der Waals surface area contributed by atoms with Crippen molar-refractivity contribution in [2.45, 2.75) is 5.92 Å². The Hall–Kier alpha value is -2.09. The summed E-state index contributed by atoms with van der Waals surface area (Å²) in [5.41, 5.74) is 1.95. The minimum absolute atomic E-state index is 0.230. The van der Waals surface area contributed by atoms with Crippen LogP contribution in [-0.4, -0.2) is 13.4 Å². The quantitative estimate of drug-likeness (QED) is 0.749. The number of hydrogen-bond acceptors (Lipinski definition) is 2. The fourth-order valence-corrected chi connectivity index (χ4v) is 1.84. The van der Waals surface area contributed by atoms with E-state index in [9.17, 15) is 4.79 Å². The van der Waals surface area contributed by atoms with E-state index < -0.39 is 0 Å². The van der Waals surface area contributed by atoms with Crippen molar-refractivity contribution in [3.63, 3.8) is 0 Å². The molecule has 0 heterocycles. The van der Waals surface area contributed by atoms with Crippen molar-refractivity contribution in [1.82, 2.24) is 0 Å². The molecule has 0 radical (unpaired) electrons. The summed E-state index contributed by atoms with van der Waals surface area (Å²) < 4.78 is 5.17. The van der Waals surface area contributed by atoms with Crippen molar-refractivity contribution < 1.29 is 9.53 Å². The molecule has 2 rings (SSSR count). The maximum atomic E-state index is 11.3. The second-order valence-electron chi connectivity index (χ2n) is 3.80. The number of benzene rings is 2. The summed E-state index contributed by atoms with van der Waals surface area (Å²) in [6.45, 7) is 0. The smallest absolute Gasteiger partial charge is 0.131 e. The first-order valence-electron chi connectivity index (χ1n) is 5.49. The third-order valence-electron chi connectivity index (χ3n) is 2.75. The van der Waals surface area contributed by atoms with Crippen LogP contribution in [0.1, 0.15) is 17.0 Å². The van der Waals surface area contributed by atoms with Gasteiger partial charge in [0, 0.05) is 0 Å². The Labute approximate surface area is 101 Å². The molecule has 0 aliphatic heterocycles. The maximum absolute atomic E-state index is 11.3. The largest absolute Gasteiger partial charge is 0.497 e. The monoisotopic (exact) mass is 226 g/mol. The molecule has 86 valence electrons. The molecule has 2 aromatic rings. The van der Waals surface area contributed by atoms with Crippen molar-refractivity contribution in [3.8, 4) is 5.75 Å². The Morgan fingerprint density at radius 1 is 1.00 bits per heavy atom. The fraction of sp³-hybridized carbons (Fsp3) is 0.133. The summed E-state index contributed by atoms with van der Waals surface area (Å²) in [4.78, 5) is 11.3. The molecule has 2 nitrogen and oxygen atoms in total. The Morgan fingerprint density at radius 2 is 1.71 bits per heavy atom. The van der Waals surface area contributed by atoms with Crippen molar-refractivity contribution in [2.75, 3.05) is 7.11 Å². The molecule has 1 atom stereocenters. The summed E-state index contributed by atoms with van der Waals surface area (Å²) in [6.07, 6.45) is 0.962. The van der Waals surface area contributed by atoms with E-state index in [0.29, 0.717) is 0 Å². The summed E-state index contributed by atoms with van der Waals surface area (Å²) in [5.74, 6) is 0.539. The first-order valence-corrected chi connectivity index (χ1v) is 5.49. The van der Waals surface area contributed by atoms with Gasteiger partial charge in [-0.25, -0.2) is 0 Å². The first-order chi connectivity index (χ1) is 8.35. The Morgan fingerprint density at radius 3 is 2.35 bits per heavy atom. The van der Waals surface area contributed by atoms with Crippen LogP contribution < -0.4 is 4.74 Å². The van der Waals surface area contributed by atoms with Gasteiger partial charge in [-0.15, -0.1) is 0 Å². The molecular formula is C15H14O2. The van der Waals surface area contributed by atoms with Gasteiger partial charge in [-0.1, -0.05) is 42.5 Å². The van der Waals surface area contributed by atoms with Gasteiger partial charge in [-0.2, -0.15) is 0 Å². The van der Waals surface area contributed by atoms with E-state index in [1.165, 1.54) is 0 Å². The summed E-state index contributed by atoms with van der Waals surface area (Å²) in [6, 6.07) is 17.3. The molecule has 0 bridgehead atoms. The van der Waals surface area contributed by atoms with Gasteiger partial charge in [0.25, 0.3) is 0 Å². The zero-order chi connectivity index (χ0) is 12.1. The van der Waals surface area contributed by atoms with E-state index in [4.69, 9.17) is 4.74 Å². The van der Waals surface area contributed by atoms with Crippen LogP contribution in [0.4, 0.5) is 0 Å². The molecule has 0 amide bonds. The molecule has 0 aliphatic carbocycles. The van der Waals surface area contributed by atoms with Gasteiger partial charge in [0.2, 0.25) is 0 Å². The van der Waals surface area contributed by atoms with Crippen LogP contribution >= 0.6 is 0 Å². The van der Waals surface area contributed by atoms with Gasteiger partial charge < -0.3 is 9.53 Å². The minimum Gasteiger partial charge on any atom is -0.497 e. The van der Waals surface area contributed by atoms with Crippen molar-refractivity contribution in [2.24, 2.45) is 0 Å². The SMILES string of the molecule is COc1cccc(C(C=O)c2ccccc2)c1. The van der Waals surface area contributed by atoms with Crippen LogP contribution in [0.2, 0.25) is 0 Å². The number of rotatable bonds is 4. The van der Waals surface area contributed by atoms with Gasteiger partial charge in [-0.05, 0) is 23.3 Å². The fourth-order valence-electron chi connectivity index (χ4n) is 1.84. The molecule has 0 fully saturated rings. The van der Waals surface area contributed by atoms with E-state index in [1.807, 2.05) is 54.6 Å². The molecule has 0 aromatic heterocycles. The Balaban J connectivity index is 2.38. The standard InChI is InChI=1S/C15H14O2/c1-17-14-9-5-8-13(10-14)15(11-16)12-6-3-2-4-7-12/h2-11,15H,1H3. The van der Waals surface area contributed by atoms with Crippen LogP contribution in [0.25, 0.3) is 0 Å². The van der Waals surface area contributed by atoms with Crippen LogP contribution in [-0.2, 0) is 4.79 Å². The minimum atomic E-state index is -0.230. The third-order valence-corrected chi connectivity index (χ3v) is 2.75. The van der Waals surface area contributed by atoms with E-state index in [2.05, 4.69) is 0 Å². The molecular weight excluding hydrogens is 212 g/mol. The molecule has 1 unspecified atom stereocenters. The summed E-state index contributed by atoms with van der Waals surface area (Å²) in [7, 11) is 1.62. The molecule has 17 heavy (non-hydrogen) atoms. The normalized spacial score (nSPS) is 11.8. The lowest BCUT2D eigenvalue weighted by Crippen LogP contribution is -2.02. The molecule has 2 heteroatoms. The van der Waals surface area contributed by atoms with Crippen LogP contribution in [0.15, 0.2) is 54.6 Å². The first kappa shape index (κ1) is 11.4. The van der Waals surface area contributed by atoms with Crippen LogP contribution in [0.3, 0.4) is 0 Å². The van der Waals surface area contributed by atoms with Gasteiger partial charge >= 0.3 is 0 Å². The van der Waals surface area contributed by atoms with Crippen molar-refractivity contribution in [1.29, 1.82) is 0 Å². The molecule has 0 saturated carbocycles. The van der Waals surface area contributed by atoms with Crippen molar-refractivity contribution in [3.05, 3.63) is 65.7 Å². The number of carbonyl (C=O) groups is 1. The average molecular weight is 226 g/mol. The van der Waals surface area contributed by atoms with E-state index in [-0.39, 0.29) is 5.92 Å². The number of methoxy groups -OCH3 is 1. The second kappa shape index (κ2) is 5.30. The lowest BCUT2D eigenvalue weighted by atomic mass is 9.93. The lowest BCUT2D eigenvalue weighted by Gasteiger charge is -2.12. The topological polar surface area (TPSA) is 26.3 Å². The summed E-state index contributed by atoms with van der Waals surface area (Å²) in [5, 5.41) is 0. The average Bonchev–Trinajstić information content (AvgIpc) is 2.41. The summed E-state index contributed by atoms with van der Waals surface area (Å²) >= 11 is 0. The molecule has 0 saturated heterocycles. The number of aldehydes is 1. The van der Waals surface area contributed by atoms with Gasteiger partial charge in [0.15, 0.2) is 0 Å². The van der Waals surface area contributed by atoms with Crippen LogP contribution in [0.5, 0.6) is 5.75 Å². The molecule has 0 aliphatic rings. The highest BCUT2D eigenvalue weighted by atomic mass is 16.5.